The number of anilines is 1. The van der Waals surface area contributed by atoms with Crippen LogP contribution in [0.1, 0.15) is 5.56 Å². The van der Waals surface area contributed by atoms with Crippen LogP contribution in [-0.2, 0) is 20.9 Å². The summed E-state index contributed by atoms with van der Waals surface area (Å²) in [4.78, 5) is 40.3. The Balaban J connectivity index is 0.00000196. The van der Waals surface area contributed by atoms with Crippen molar-refractivity contribution in [3.8, 4) is 0 Å². The van der Waals surface area contributed by atoms with E-state index in [4.69, 9.17) is 15.6 Å². The molecule has 2 aliphatic heterocycles. The maximum atomic E-state index is 12.6. The van der Waals surface area contributed by atoms with Gasteiger partial charge in [0.05, 0.1) is 13.1 Å². The number of carboxylic acid groups (broad SMARTS) is 1. The molecular weight excluding hydrogens is 411 g/mol. The molecule has 0 radical (unpaired) electrons. The van der Waals surface area contributed by atoms with Crippen molar-refractivity contribution < 1.29 is 24.2 Å². The summed E-state index contributed by atoms with van der Waals surface area (Å²) in [6, 6.07) is 7.22. The van der Waals surface area contributed by atoms with E-state index in [0.29, 0.717) is 38.4 Å². The van der Waals surface area contributed by atoms with Gasteiger partial charge in [0.25, 0.3) is 5.91 Å². The van der Waals surface area contributed by atoms with Gasteiger partial charge in [0.1, 0.15) is 0 Å². The van der Waals surface area contributed by atoms with Crippen LogP contribution < -0.4 is 10.6 Å². The maximum Gasteiger partial charge on any atom is 0.415 e. The van der Waals surface area contributed by atoms with E-state index in [1.165, 1.54) is 4.90 Å². The molecule has 0 saturated carbocycles. The van der Waals surface area contributed by atoms with Crippen molar-refractivity contribution in [2.45, 2.75) is 12.6 Å². The highest BCUT2D eigenvalue weighted by Crippen LogP contribution is 2.23. The number of nitrogens with two attached hydrogens (primary N) is 1. The Kier molecular flexibility index (Phi) is 8.96. The third-order valence-electron chi connectivity index (χ3n) is 4.61. The standard InChI is InChI=1S/C17H22N4O5.2ClH/c18-9-12-1-3-13(4-2-12)21-10-14(26-17(21)25)16(24)20-7-5-19(6-8-20)11-15(22)23;;/h1-4,14H,5-11,18H2,(H,22,23);2*1H. The Labute approximate surface area is 175 Å². The van der Waals surface area contributed by atoms with Crippen molar-refractivity contribution in [3.05, 3.63) is 29.8 Å². The normalized spacial score (nSPS) is 19.5. The maximum absolute atomic E-state index is 12.6. The monoisotopic (exact) mass is 434 g/mol. The molecule has 0 bridgehead atoms. The molecule has 3 rings (SSSR count). The van der Waals surface area contributed by atoms with E-state index in [1.807, 2.05) is 12.1 Å². The Morgan fingerprint density at radius 1 is 1.11 bits per heavy atom. The van der Waals surface area contributed by atoms with Crippen LogP contribution in [0.5, 0.6) is 0 Å². The topological polar surface area (TPSA) is 116 Å². The zero-order valence-corrected chi connectivity index (χ0v) is 16.8. The lowest BCUT2D eigenvalue weighted by Crippen LogP contribution is -2.52. The van der Waals surface area contributed by atoms with Gasteiger partial charge in [-0.2, -0.15) is 0 Å². The van der Waals surface area contributed by atoms with E-state index >= 15 is 0 Å². The summed E-state index contributed by atoms with van der Waals surface area (Å²) in [6.45, 7) is 2.37. The van der Waals surface area contributed by atoms with Crippen molar-refractivity contribution in [1.29, 1.82) is 0 Å². The lowest BCUT2D eigenvalue weighted by molar-refractivity contribution is -0.142. The number of carboxylic acids is 1. The predicted molar refractivity (Wildman–Crippen MR) is 107 cm³/mol. The number of carbonyl (C=O) groups is 3. The zero-order chi connectivity index (χ0) is 18.7. The van der Waals surface area contributed by atoms with Crippen molar-refractivity contribution in [1.82, 2.24) is 9.80 Å². The van der Waals surface area contributed by atoms with E-state index in [-0.39, 0.29) is 43.8 Å². The first-order valence-electron chi connectivity index (χ1n) is 8.48. The molecule has 9 nitrogen and oxygen atoms in total. The summed E-state index contributed by atoms with van der Waals surface area (Å²) in [5.74, 6) is -1.12. The Morgan fingerprint density at radius 3 is 2.25 bits per heavy atom. The molecule has 3 N–H and O–H groups in total. The molecule has 2 aliphatic rings. The van der Waals surface area contributed by atoms with Crippen molar-refractivity contribution in [2.75, 3.05) is 44.2 Å². The van der Waals surface area contributed by atoms with Crippen molar-refractivity contribution >= 4 is 48.5 Å². The number of hydrogen-bond acceptors (Lipinski definition) is 6. The Morgan fingerprint density at radius 2 is 1.71 bits per heavy atom. The summed E-state index contributed by atoms with van der Waals surface area (Å²) >= 11 is 0. The average Bonchev–Trinajstić information content (AvgIpc) is 3.03. The second-order valence-electron chi connectivity index (χ2n) is 6.35. The summed E-state index contributed by atoms with van der Waals surface area (Å²) in [7, 11) is 0. The van der Waals surface area contributed by atoms with E-state index in [1.54, 1.807) is 21.9 Å². The smallest absolute Gasteiger partial charge is 0.415 e. The van der Waals surface area contributed by atoms with Crippen molar-refractivity contribution in [2.24, 2.45) is 5.73 Å². The van der Waals surface area contributed by atoms with Crippen LogP contribution in [0.3, 0.4) is 0 Å². The fourth-order valence-electron chi connectivity index (χ4n) is 3.14. The number of ether oxygens (including phenoxy) is 1. The highest BCUT2D eigenvalue weighted by molar-refractivity contribution is 5.95. The van der Waals surface area contributed by atoms with Gasteiger partial charge in [-0.3, -0.25) is 19.4 Å². The number of benzene rings is 1. The van der Waals surface area contributed by atoms with Crippen molar-refractivity contribution in [3.63, 3.8) is 0 Å². The molecule has 1 aromatic carbocycles. The average molecular weight is 435 g/mol. The first kappa shape index (κ1) is 24.0. The second kappa shape index (κ2) is 10.5. The molecule has 2 fully saturated rings. The molecule has 11 heteroatoms. The molecule has 1 aromatic rings. The molecule has 1 unspecified atom stereocenters. The first-order valence-corrected chi connectivity index (χ1v) is 8.48. The van der Waals surface area contributed by atoms with Crippen LogP contribution in [0.2, 0.25) is 0 Å². The number of amides is 2. The largest absolute Gasteiger partial charge is 0.480 e. The van der Waals surface area contributed by atoms with E-state index < -0.39 is 18.2 Å². The molecule has 0 aliphatic carbocycles. The van der Waals surface area contributed by atoms with Gasteiger partial charge >= 0.3 is 12.1 Å². The number of nitrogens with zero attached hydrogens (tertiary/aromatic N) is 3. The van der Waals surface area contributed by atoms with Crippen LogP contribution in [-0.4, -0.2) is 78.2 Å². The van der Waals surface area contributed by atoms with Gasteiger partial charge < -0.3 is 20.5 Å². The van der Waals surface area contributed by atoms with Gasteiger partial charge in [0.15, 0.2) is 6.10 Å². The fraction of sp³-hybridized carbons (Fsp3) is 0.471. The molecule has 1 atom stereocenters. The predicted octanol–water partition coefficient (Wildman–Crippen LogP) is 0.543. The van der Waals surface area contributed by atoms with Gasteiger partial charge in [-0.1, -0.05) is 12.1 Å². The minimum atomic E-state index is -0.884. The van der Waals surface area contributed by atoms with Gasteiger partial charge in [-0.15, -0.1) is 24.8 Å². The van der Waals surface area contributed by atoms with Gasteiger partial charge in [0, 0.05) is 38.4 Å². The molecule has 156 valence electrons. The molecule has 0 spiro atoms. The number of rotatable bonds is 5. The third kappa shape index (κ3) is 5.48. The highest BCUT2D eigenvalue weighted by Gasteiger charge is 2.39. The second-order valence-corrected chi connectivity index (χ2v) is 6.35. The fourth-order valence-corrected chi connectivity index (χ4v) is 3.14. The number of aliphatic carboxylic acids is 1. The third-order valence-corrected chi connectivity index (χ3v) is 4.61. The summed E-state index contributed by atoms with van der Waals surface area (Å²) in [5, 5.41) is 8.82. The van der Waals surface area contributed by atoms with Crippen LogP contribution in [0, 0.1) is 0 Å². The minimum Gasteiger partial charge on any atom is -0.480 e. The highest BCUT2D eigenvalue weighted by atomic mass is 35.5. The van der Waals surface area contributed by atoms with E-state index in [2.05, 4.69) is 0 Å². The lowest BCUT2D eigenvalue weighted by Gasteiger charge is -2.34. The molecule has 2 amide bonds. The van der Waals surface area contributed by atoms with Gasteiger partial charge in [-0.05, 0) is 17.7 Å². The van der Waals surface area contributed by atoms with Crippen LogP contribution in [0.15, 0.2) is 24.3 Å². The molecule has 0 aromatic heterocycles. The summed E-state index contributed by atoms with van der Waals surface area (Å²) in [5.41, 5.74) is 7.18. The van der Waals surface area contributed by atoms with Crippen LogP contribution >= 0.6 is 24.8 Å². The number of hydrogen-bond donors (Lipinski definition) is 2. The molecule has 28 heavy (non-hydrogen) atoms. The number of piperazine rings is 1. The SMILES string of the molecule is Cl.Cl.NCc1ccc(N2CC(C(=O)N3CCN(CC(=O)O)CC3)OC2=O)cc1. The number of carbonyl (C=O) groups excluding carboxylic acids is 2. The number of cyclic esters (lactones) is 1. The van der Waals surface area contributed by atoms with Gasteiger partial charge in [-0.25, -0.2) is 4.79 Å². The summed E-state index contributed by atoms with van der Waals surface area (Å²) in [6.07, 6.45) is -1.39. The lowest BCUT2D eigenvalue weighted by atomic mass is 10.2. The molecule has 2 heterocycles. The minimum absolute atomic E-state index is 0. The Hall–Kier alpha value is -2.07. The van der Waals surface area contributed by atoms with Crippen LogP contribution in [0.4, 0.5) is 10.5 Å². The van der Waals surface area contributed by atoms with E-state index in [0.717, 1.165) is 5.56 Å². The first-order chi connectivity index (χ1) is 12.5. The van der Waals surface area contributed by atoms with Crippen LogP contribution in [0.25, 0.3) is 0 Å². The number of halogens is 2. The van der Waals surface area contributed by atoms with Gasteiger partial charge in [0.2, 0.25) is 0 Å². The molecular formula is C17H24Cl2N4O5. The summed E-state index contributed by atoms with van der Waals surface area (Å²) < 4.78 is 5.25. The van der Waals surface area contributed by atoms with E-state index in [9.17, 15) is 14.4 Å². The Bertz CT molecular complexity index is 695. The molecule has 2 saturated heterocycles. The quantitative estimate of drug-likeness (QED) is 0.694. The zero-order valence-electron chi connectivity index (χ0n) is 15.2.